The molecule has 0 N–H and O–H groups in total. The summed E-state index contributed by atoms with van der Waals surface area (Å²) in [5.74, 6) is 0.767. The molecule has 1 heterocycles. The first-order valence-corrected chi connectivity index (χ1v) is 10.5. The fraction of sp³-hybridized carbons (Fsp3) is 0.375. The van der Waals surface area contributed by atoms with Crippen LogP contribution in [0.25, 0.3) is 5.57 Å². The minimum atomic E-state index is -0.452. The van der Waals surface area contributed by atoms with E-state index < -0.39 is 4.92 Å². The highest BCUT2D eigenvalue weighted by Gasteiger charge is 2.32. The molecule has 1 aliphatic rings. The first-order valence-electron chi connectivity index (χ1n) is 10.5. The van der Waals surface area contributed by atoms with E-state index in [-0.39, 0.29) is 17.0 Å². The summed E-state index contributed by atoms with van der Waals surface area (Å²) in [6, 6.07) is 9.81. The van der Waals surface area contributed by atoms with Gasteiger partial charge in [-0.05, 0) is 57.9 Å². The molecule has 2 aromatic rings. The number of ether oxygens (including phenoxy) is 1. The standard InChI is InChI=1S/C24H28N4O4/c1-16-15-24(3,4)27(12-6-7-17(2)29)22-14-23(32-5)21(13-20(16)22)26-25-18-8-10-19(11-9-18)28(30)31/h8-11,13-15H,6-7,12H2,1-5H3/b26-25+. The molecule has 2 aromatic carbocycles. The summed E-state index contributed by atoms with van der Waals surface area (Å²) in [7, 11) is 1.59. The van der Waals surface area contributed by atoms with Crippen LogP contribution in [0.15, 0.2) is 52.7 Å². The van der Waals surface area contributed by atoms with Crippen molar-refractivity contribution in [1.29, 1.82) is 0 Å². The van der Waals surface area contributed by atoms with Gasteiger partial charge in [-0.2, -0.15) is 5.11 Å². The van der Waals surface area contributed by atoms with E-state index in [2.05, 4.69) is 42.0 Å². The molecule has 0 aromatic heterocycles. The molecule has 0 unspecified atom stereocenters. The first-order chi connectivity index (χ1) is 15.1. The summed E-state index contributed by atoms with van der Waals surface area (Å²) >= 11 is 0. The molecule has 8 nitrogen and oxygen atoms in total. The Hall–Kier alpha value is -3.55. The Morgan fingerprint density at radius 3 is 2.47 bits per heavy atom. The molecular formula is C24H28N4O4. The Morgan fingerprint density at radius 1 is 1.19 bits per heavy atom. The number of allylic oxidation sites excluding steroid dienone is 1. The molecule has 0 radical (unpaired) electrons. The maximum atomic E-state index is 11.4. The monoisotopic (exact) mass is 436 g/mol. The van der Waals surface area contributed by atoms with Crippen LogP contribution in [0.4, 0.5) is 22.7 Å². The SMILES string of the molecule is COc1cc2c(cc1/N=N/c1ccc([N+](=O)[O-])cc1)C(C)=CC(C)(C)N2CCCC(C)=O. The first kappa shape index (κ1) is 23.1. The predicted molar refractivity (Wildman–Crippen MR) is 125 cm³/mol. The summed E-state index contributed by atoms with van der Waals surface area (Å²) in [6.45, 7) is 8.74. The van der Waals surface area contributed by atoms with E-state index >= 15 is 0 Å². The highest BCUT2D eigenvalue weighted by molar-refractivity contribution is 5.85. The highest BCUT2D eigenvalue weighted by atomic mass is 16.6. The Bertz CT molecular complexity index is 1090. The molecule has 0 bridgehead atoms. The Kier molecular flexibility index (Phi) is 6.72. The lowest BCUT2D eigenvalue weighted by molar-refractivity contribution is -0.384. The fourth-order valence-corrected chi connectivity index (χ4v) is 3.98. The van der Waals surface area contributed by atoms with Gasteiger partial charge in [0.05, 0.1) is 23.3 Å². The molecule has 8 heteroatoms. The number of azo groups is 1. The van der Waals surface area contributed by atoms with Crippen LogP contribution >= 0.6 is 0 Å². The summed E-state index contributed by atoms with van der Waals surface area (Å²) < 4.78 is 5.60. The van der Waals surface area contributed by atoms with Gasteiger partial charge in [-0.15, -0.1) is 5.11 Å². The van der Waals surface area contributed by atoms with Crippen molar-refractivity contribution in [2.24, 2.45) is 10.2 Å². The summed E-state index contributed by atoms with van der Waals surface area (Å²) in [5.41, 5.74) is 4.07. The Balaban J connectivity index is 1.96. The summed E-state index contributed by atoms with van der Waals surface area (Å²) in [6.07, 6.45) is 3.53. The number of Topliss-reactive ketones (excluding diaryl/α,β-unsaturated/α-hetero) is 1. The number of carbonyl (C=O) groups is 1. The number of nitro groups is 1. The largest absolute Gasteiger partial charge is 0.494 e. The molecular weight excluding hydrogens is 408 g/mol. The van der Waals surface area contributed by atoms with Crippen molar-refractivity contribution in [3.05, 3.63) is 58.2 Å². The van der Waals surface area contributed by atoms with E-state index in [1.54, 1.807) is 26.2 Å². The highest BCUT2D eigenvalue weighted by Crippen LogP contribution is 2.45. The van der Waals surface area contributed by atoms with Gasteiger partial charge in [-0.3, -0.25) is 10.1 Å². The van der Waals surface area contributed by atoms with Crippen LogP contribution < -0.4 is 9.64 Å². The Labute approximate surface area is 187 Å². The number of carbonyl (C=O) groups excluding carboxylic acids is 1. The second kappa shape index (κ2) is 9.30. The number of anilines is 1. The van der Waals surface area contributed by atoms with Crippen LogP contribution in [0.3, 0.4) is 0 Å². The van der Waals surface area contributed by atoms with Crippen molar-refractivity contribution in [1.82, 2.24) is 0 Å². The van der Waals surface area contributed by atoms with Crippen molar-refractivity contribution in [3.8, 4) is 5.75 Å². The van der Waals surface area contributed by atoms with E-state index in [4.69, 9.17) is 4.74 Å². The molecule has 1 aliphatic heterocycles. The number of hydrogen-bond donors (Lipinski definition) is 0. The number of methoxy groups -OCH3 is 1. The average Bonchev–Trinajstić information content (AvgIpc) is 2.73. The number of nitro benzene ring substituents is 1. The van der Waals surface area contributed by atoms with Gasteiger partial charge in [0.15, 0.2) is 0 Å². The van der Waals surface area contributed by atoms with Crippen LogP contribution in [-0.4, -0.2) is 29.9 Å². The minimum absolute atomic E-state index is 0.00329. The van der Waals surface area contributed by atoms with Crippen molar-refractivity contribution in [3.63, 3.8) is 0 Å². The molecule has 0 amide bonds. The predicted octanol–water partition coefficient (Wildman–Crippen LogP) is 6.39. The van der Waals surface area contributed by atoms with Gasteiger partial charge in [0, 0.05) is 42.4 Å². The van der Waals surface area contributed by atoms with E-state index in [0.29, 0.717) is 23.5 Å². The number of benzene rings is 2. The topological polar surface area (TPSA) is 97.4 Å². The normalized spacial score (nSPS) is 14.8. The second-order valence-electron chi connectivity index (χ2n) is 8.45. The van der Waals surface area contributed by atoms with Crippen LogP contribution in [0.5, 0.6) is 5.75 Å². The zero-order chi connectivity index (χ0) is 23.5. The van der Waals surface area contributed by atoms with E-state index in [9.17, 15) is 14.9 Å². The van der Waals surface area contributed by atoms with Gasteiger partial charge in [0.1, 0.15) is 17.2 Å². The summed E-state index contributed by atoms with van der Waals surface area (Å²) in [4.78, 5) is 24.1. The quantitative estimate of drug-likeness (QED) is 0.271. The molecule has 32 heavy (non-hydrogen) atoms. The number of non-ortho nitro benzene ring substituents is 1. The zero-order valence-electron chi connectivity index (χ0n) is 19.1. The third kappa shape index (κ3) is 5.01. The lowest BCUT2D eigenvalue weighted by atomic mass is 9.88. The maximum absolute atomic E-state index is 11.4. The molecule has 0 saturated carbocycles. The van der Waals surface area contributed by atoms with Crippen molar-refractivity contribution < 1.29 is 14.5 Å². The third-order valence-electron chi connectivity index (χ3n) is 5.52. The molecule has 0 atom stereocenters. The van der Waals surface area contributed by atoms with Crippen LogP contribution in [0, 0.1) is 10.1 Å². The van der Waals surface area contributed by atoms with Crippen LogP contribution in [0.1, 0.15) is 46.1 Å². The van der Waals surface area contributed by atoms with Crippen LogP contribution in [0.2, 0.25) is 0 Å². The molecule has 0 aliphatic carbocycles. The average molecular weight is 437 g/mol. The smallest absolute Gasteiger partial charge is 0.269 e. The van der Waals surface area contributed by atoms with Gasteiger partial charge in [0.25, 0.3) is 5.69 Å². The van der Waals surface area contributed by atoms with Gasteiger partial charge in [-0.25, -0.2) is 0 Å². The van der Waals surface area contributed by atoms with E-state index in [0.717, 1.165) is 29.8 Å². The van der Waals surface area contributed by atoms with Crippen molar-refractivity contribution >= 4 is 34.1 Å². The molecule has 3 rings (SSSR count). The van der Waals surface area contributed by atoms with Crippen molar-refractivity contribution in [2.45, 2.75) is 46.1 Å². The minimum Gasteiger partial charge on any atom is -0.494 e. The van der Waals surface area contributed by atoms with E-state index in [1.807, 2.05) is 12.1 Å². The summed E-state index contributed by atoms with van der Waals surface area (Å²) in [5, 5.41) is 19.4. The fourth-order valence-electron chi connectivity index (χ4n) is 3.98. The number of ketones is 1. The molecule has 0 fully saturated rings. The third-order valence-corrected chi connectivity index (χ3v) is 5.52. The van der Waals surface area contributed by atoms with E-state index in [1.165, 1.54) is 12.1 Å². The lowest BCUT2D eigenvalue weighted by Gasteiger charge is -2.43. The number of hydrogen-bond acceptors (Lipinski definition) is 7. The number of rotatable bonds is 8. The van der Waals surface area contributed by atoms with Crippen molar-refractivity contribution in [2.75, 3.05) is 18.6 Å². The van der Waals surface area contributed by atoms with Gasteiger partial charge in [0.2, 0.25) is 0 Å². The number of nitrogens with zero attached hydrogens (tertiary/aromatic N) is 4. The molecule has 168 valence electrons. The van der Waals surface area contributed by atoms with Gasteiger partial charge >= 0.3 is 0 Å². The van der Waals surface area contributed by atoms with Gasteiger partial charge in [-0.1, -0.05) is 6.08 Å². The zero-order valence-corrected chi connectivity index (χ0v) is 19.1. The second-order valence-corrected chi connectivity index (χ2v) is 8.45. The number of fused-ring (bicyclic) bond motifs is 1. The van der Waals surface area contributed by atoms with Crippen LogP contribution in [-0.2, 0) is 4.79 Å². The van der Waals surface area contributed by atoms with Gasteiger partial charge < -0.3 is 14.4 Å². The molecule has 0 saturated heterocycles. The lowest BCUT2D eigenvalue weighted by Crippen LogP contribution is -2.45. The Morgan fingerprint density at radius 2 is 1.88 bits per heavy atom. The molecule has 0 spiro atoms. The maximum Gasteiger partial charge on any atom is 0.269 e.